The van der Waals surface area contributed by atoms with E-state index >= 15 is 0 Å². The number of carbonyl (C=O) groups is 1. The monoisotopic (exact) mass is 453 g/mol. The summed E-state index contributed by atoms with van der Waals surface area (Å²) in [5.41, 5.74) is 0.350. The number of fused-ring (bicyclic) bond motifs is 1. The van der Waals surface area contributed by atoms with Crippen LogP contribution in [0, 0.1) is 12.8 Å². The number of ether oxygens (including phenoxy) is 1. The molecule has 0 radical (unpaired) electrons. The standard InChI is InChI=1S/C20H26F3N7O2/c1-10-15-17(29(3)16(11(2)32-4)18(31)26-15)27-19(24-10)25-13-7-12(8-13)9-30-6-5-14(28-30)20(21,22)23/h5-6,11-13,16H,7-9H2,1-4H3,(H,26,31)(H,24,25,27)/t11-,12-,13+,16+/m1/s1. The third-order valence-electron chi connectivity index (χ3n) is 6.10. The van der Waals surface area contributed by atoms with E-state index in [1.54, 1.807) is 26.0 Å². The number of aryl methyl sites for hydroxylation is 1. The average molecular weight is 453 g/mol. The highest BCUT2D eigenvalue weighted by molar-refractivity contribution is 6.03. The van der Waals surface area contributed by atoms with Crippen molar-refractivity contribution >= 4 is 23.4 Å². The number of carbonyl (C=O) groups excluding carboxylic acids is 1. The quantitative estimate of drug-likeness (QED) is 0.694. The van der Waals surface area contributed by atoms with Gasteiger partial charge in [0, 0.05) is 32.9 Å². The van der Waals surface area contributed by atoms with Crippen LogP contribution in [0.2, 0.25) is 0 Å². The summed E-state index contributed by atoms with van der Waals surface area (Å²) in [5, 5.41) is 9.79. The fourth-order valence-corrected chi connectivity index (χ4v) is 4.25. The van der Waals surface area contributed by atoms with Crippen molar-refractivity contribution in [2.45, 2.75) is 57.6 Å². The van der Waals surface area contributed by atoms with E-state index in [2.05, 4.69) is 25.7 Å². The van der Waals surface area contributed by atoms with Gasteiger partial charge < -0.3 is 20.3 Å². The zero-order valence-electron chi connectivity index (χ0n) is 18.3. The minimum atomic E-state index is -4.43. The molecule has 2 N–H and O–H groups in total. The molecule has 0 saturated heterocycles. The van der Waals surface area contributed by atoms with E-state index in [0.717, 1.165) is 18.9 Å². The maximum Gasteiger partial charge on any atom is 0.435 e. The number of alkyl halides is 3. The maximum absolute atomic E-state index is 12.7. The van der Waals surface area contributed by atoms with Crippen molar-refractivity contribution in [3.05, 3.63) is 23.7 Å². The van der Waals surface area contributed by atoms with Crippen LogP contribution in [0.3, 0.4) is 0 Å². The molecule has 1 fully saturated rings. The molecule has 2 aromatic heterocycles. The summed E-state index contributed by atoms with van der Waals surface area (Å²) >= 11 is 0. The van der Waals surface area contributed by atoms with Crippen molar-refractivity contribution in [3.63, 3.8) is 0 Å². The van der Waals surface area contributed by atoms with Crippen LogP contribution in [0.4, 0.5) is 30.6 Å². The Bertz CT molecular complexity index is 1000. The minimum absolute atomic E-state index is 0.118. The molecule has 174 valence electrons. The van der Waals surface area contributed by atoms with Crippen molar-refractivity contribution in [2.75, 3.05) is 29.7 Å². The fraction of sp³-hybridized carbons (Fsp3) is 0.600. The van der Waals surface area contributed by atoms with Crippen molar-refractivity contribution < 1.29 is 22.7 Å². The minimum Gasteiger partial charge on any atom is -0.379 e. The third kappa shape index (κ3) is 4.23. The van der Waals surface area contributed by atoms with Gasteiger partial charge in [-0.2, -0.15) is 23.3 Å². The molecule has 0 aromatic carbocycles. The van der Waals surface area contributed by atoms with E-state index in [1.165, 1.54) is 10.9 Å². The molecule has 0 unspecified atom stereocenters. The third-order valence-corrected chi connectivity index (χ3v) is 6.10. The highest BCUT2D eigenvalue weighted by Gasteiger charge is 2.38. The molecule has 1 aliphatic heterocycles. The van der Waals surface area contributed by atoms with Crippen LogP contribution in [0.25, 0.3) is 0 Å². The second-order valence-corrected chi connectivity index (χ2v) is 8.42. The van der Waals surface area contributed by atoms with Gasteiger partial charge in [-0.3, -0.25) is 9.48 Å². The smallest absolute Gasteiger partial charge is 0.379 e. The number of halogens is 3. The fourth-order valence-electron chi connectivity index (χ4n) is 4.25. The molecule has 2 aliphatic rings. The first-order valence-electron chi connectivity index (χ1n) is 10.4. The van der Waals surface area contributed by atoms with Gasteiger partial charge in [-0.05, 0) is 38.7 Å². The molecule has 1 saturated carbocycles. The number of amides is 1. The Hall–Kier alpha value is -2.89. The molecular formula is C20H26F3N7O2. The maximum atomic E-state index is 12.7. The molecule has 0 spiro atoms. The van der Waals surface area contributed by atoms with Crippen LogP contribution in [-0.2, 0) is 22.3 Å². The van der Waals surface area contributed by atoms with Gasteiger partial charge in [-0.25, -0.2) is 4.98 Å². The van der Waals surface area contributed by atoms with Crippen molar-refractivity contribution in [3.8, 4) is 0 Å². The molecule has 1 aliphatic carbocycles. The normalized spacial score (nSPS) is 23.9. The predicted octanol–water partition coefficient (Wildman–Crippen LogP) is 2.68. The molecule has 2 aromatic rings. The van der Waals surface area contributed by atoms with Crippen LogP contribution in [-0.4, -0.2) is 58.0 Å². The number of methoxy groups -OCH3 is 1. The van der Waals surface area contributed by atoms with E-state index in [1.807, 2.05) is 6.92 Å². The number of likely N-dealkylation sites (N-methyl/N-ethyl adjacent to an activating group) is 1. The molecule has 0 bridgehead atoms. The first kappa shape index (κ1) is 22.3. The van der Waals surface area contributed by atoms with E-state index < -0.39 is 17.9 Å². The topological polar surface area (TPSA) is 97.2 Å². The summed E-state index contributed by atoms with van der Waals surface area (Å²) < 4.78 is 44.8. The van der Waals surface area contributed by atoms with Crippen LogP contribution in [0.15, 0.2) is 12.3 Å². The van der Waals surface area contributed by atoms with Gasteiger partial charge in [0.05, 0.1) is 11.8 Å². The van der Waals surface area contributed by atoms with Gasteiger partial charge in [0.15, 0.2) is 11.5 Å². The Morgan fingerprint density at radius 1 is 1.34 bits per heavy atom. The number of aromatic nitrogens is 4. The average Bonchev–Trinajstić information content (AvgIpc) is 3.16. The number of hydrogen-bond acceptors (Lipinski definition) is 7. The van der Waals surface area contributed by atoms with E-state index in [9.17, 15) is 18.0 Å². The Balaban J connectivity index is 1.39. The van der Waals surface area contributed by atoms with E-state index in [0.29, 0.717) is 29.7 Å². The first-order valence-corrected chi connectivity index (χ1v) is 10.4. The van der Waals surface area contributed by atoms with E-state index in [-0.39, 0.29) is 24.0 Å². The number of nitrogens with zero attached hydrogens (tertiary/aromatic N) is 5. The number of rotatable bonds is 6. The van der Waals surface area contributed by atoms with Crippen LogP contribution in [0.1, 0.15) is 31.2 Å². The lowest BCUT2D eigenvalue weighted by Crippen LogP contribution is -2.53. The molecule has 4 rings (SSSR count). The molecule has 1 amide bonds. The van der Waals surface area contributed by atoms with Crippen LogP contribution < -0.4 is 15.5 Å². The van der Waals surface area contributed by atoms with Gasteiger partial charge in [0.1, 0.15) is 11.7 Å². The van der Waals surface area contributed by atoms with Crippen molar-refractivity contribution in [2.24, 2.45) is 5.92 Å². The second-order valence-electron chi connectivity index (χ2n) is 8.42. The molecule has 32 heavy (non-hydrogen) atoms. The lowest BCUT2D eigenvalue weighted by atomic mass is 9.80. The van der Waals surface area contributed by atoms with Crippen molar-refractivity contribution in [1.82, 2.24) is 19.7 Å². The van der Waals surface area contributed by atoms with Gasteiger partial charge in [-0.15, -0.1) is 0 Å². The Kier molecular flexibility index (Phi) is 5.74. The van der Waals surface area contributed by atoms with E-state index in [4.69, 9.17) is 4.74 Å². The summed E-state index contributed by atoms with van der Waals surface area (Å²) in [4.78, 5) is 23.4. The predicted molar refractivity (Wildman–Crippen MR) is 111 cm³/mol. The Morgan fingerprint density at radius 3 is 2.69 bits per heavy atom. The highest BCUT2D eigenvalue weighted by atomic mass is 19.4. The summed E-state index contributed by atoms with van der Waals surface area (Å²) in [7, 11) is 3.35. The zero-order valence-corrected chi connectivity index (χ0v) is 18.3. The summed E-state index contributed by atoms with van der Waals surface area (Å²) in [6.07, 6.45) is -1.84. The van der Waals surface area contributed by atoms with Gasteiger partial charge in [0.25, 0.3) is 0 Å². The second kappa shape index (κ2) is 8.23. The zero-order chi connectivity index (χ0) is 23.2. The lowest BCUT2D eigenvalue weighted by molar-refractivity contribution is -0.141. The molecule has 2 atom stereocenters. The summed E-state index contributed by atoms with van der Waals surface area (Å²) in [6, 6.07) is 0.594. The number of hydrogen-bond donors (Lipinski definition) is 2. The number of anilines is 3. The summed E-state index contributed by atoms with van der Waals surface area (Å²) in [6.45, 7) is 4.06. The lowest BCUT2D eigenvalue weighted by Gasteiger charge is -2.38. The summed E-state index contributed by atoms with van der Waals surface area (Å²) in [5.74, 6) is 1.12. The van der Waals surface area contributed by atoms with Gasteiger partial charge in [0.2, 0.25) is 11.9 Å². The Morgan fingerprint density at radius 2 is 2.06 bits per heavy atom. The molecular weight excluding hydrogens is 427 g/mol. The number of nitrogens with one attached hydrogen (secondary N) is 2. The molecule has 9 nitrogen and oxygen atoms in total. The molecule has 3 heterocycles. The van der Waals surface area contributed by atoms with Gasteiger partial charge in [-0.1, -0.05) is 0 Å². The van der Waals surface area contributed by atoms with Gasteiger partial charge >= 0.3 is 6.18 Å². The van der Waals surface area contributed by atoms with Crippen LogP contribution >= 0.6 is 0 Å². The SMILES string of the molecule is CO[C@H](C)[C@H]1C(=O)Nc2c(C)nc(N[C@H]3C[C@@H](Cn4ccc(C(F)(F)F)n4)C3)nc2N1C. The highest BCUT2D eigenvalue weighted by Crippen LogP contribution is 2.36. The largest absolute Gasteiger partial charge is 0.435 e. The van der Waals surface area contributed by atoms with Crippen molar-refractivity contribution in [1.29, 1.82) is 0 Å². The molecule has 12 heteroatoms. The van der Waals surface area contributed by atoms with Crippen LogP contribution in [0.5, 0.6) is 0 Å². The first-order chi connectivity index (χ1) is 15.1. The Labute approximate surface area is 183 Å².